The average Bonchev–Trinajstić information content (AvgIpc) is 2.40. The number of benzene rings is 1. The second-order valence-electron chi connectivity index (χ2n) is 3.56. The molecule has 88 valence electrons. The molecule has 1 heterocycles. The number of ether oxygens (including phenoxy) is 4. The Labute approximate surface area is 95.1 Å². The van der Waals surface area contributed by atoms with Gasteiger partial charge in [0.2, 0.25) is 0 Å². The molecule has 1 aromatic carbocycles. The summed E-state index contributed by atoms with van der Waals surface area (Å²) in [5, 5.41) is 0. The van der Waals surface area contributed by atoms with Crippen LogP contribution in [0.15, 0.2) is 30.3 Å². The second-order valence-corrected chi connectivity index (χ2v) is 3.56. The van der Waals surface area contributed by atoms with E-state index in [0.29, 0.717) is 6.61 Å². The molecule has 4 heteroatoms. The first-order valence-corrected chi connectivity index (χ1v) is 5.26. The standard InChI is InChI=1S/C12H16O4/c1-13-12(14-2)15-9-8-11(16-12)10-6-4-3-5-7-10/h3-7,11H,8-9H2,1-2H3. The van der Waals surface area contributed by atoms with Crippen LogP contribution in [-0.4, -0.2) is 27.0 Å². The summed E-state index contributed by atoms with van der Waals surface area (Å²) in [5.74, 6) is 0. The van der Waals surface area contributed by atoms with Crippen LogP contribution in [0.25, 0.3) is 0 Å². The predicted molar refractivity (Wildman–Crippen MR) is 57.6 cm³/mol. The van der Waals surface area contributed by atoms with E-state index in [-0.39, 0.29) is 6.10 Å². The van der Waals surface area contributed by atoms with E-state index in [2.05, 4.69) is 0 Å². The molecule has 2 rings (SSSR count). The lowest BCUT2D eigenvalue weighted by Gasteiger charge is -2.37. The van der Waals surface area contributed by atoms with Crippen molar-refractivity contribution in [3.63, 3.8) is 0 Å². The Hall–Kier alpha value is -0.940. The van der Waals surface area contributed by atoms with Crippen LogP contribution in [0.1, 0.15) is 18.1 Å². The fourth-order valence-electron chi connectivity index (χ4n) is 1.76. The van der Waals surface area contributed by atoms with Gasteiger partial charge in [-0.25, -0.2) is 0 Å². The topological polar surface area (TPSA) is 36.9 Å². The molecule has 1 aromatic rings. The Morgan fingerprint density at radius 3 is 2.50 bits per heavy atom. The quantitative estimate of drug-likeness (QED) is 0.736. The third-order valence-corrected chi connectivity index (χ3v) is 2.62. The lowest BCUT2D eigenvalue weighted by molar-refractivity contribution is -0.513. The van der Waals surface area contributed by atoms with Gasteiger partial charge < -0.3 is 14.2 Å². The average molecular weight is 224 g/mol. The summed E-state index contributed by atoms with van der Waals surface area (Å²) >= 11 is 0. The van der Waals surface area contributed by atoms with Crippen molar-refractivity contribution in [3.05, 3.63) is 35.9 Å². The van der Waals surface area contributed by atoms with Crippen molar-refractivity contribution in [2.75, 3.05) is 20.8 Å². The minimum atomic E-state index is -1.36. The number of hydrogen-bond acceptors (Lipinski definition) is 4. The lowest BCUT2D eigenvalue weighted by atomic mass is 10.1. The molecule has 0 saturated carbocycles. The van der Waals surface area contributed by atoms with Gasteiger partial charge in [0, 0.05) is 20.6 Å². The van der Waals surface area contributed by atoms with Crippen molar-refractivity contribution in [1.29, 1.82) is 0 Å². The number of hydrogen-bond donors (Lipinski definition) is 0. The van der Waals surface area contributed by atoms with Gasteiger partial charge in [0.1, 0.15) is 0 Å². The smallest absolute Gasteiger partial charge is 0.307 e. The van der Waals surface area contributed by atoms with E-state index >= 15 is 0 Å². The maximum Gasteiger partial charge on any atom is 0.412 e. The van der Waals surface area contributed by atoms with E-state index in [1.54, 1.807) is 0 Å². The monoisotopic (exact) mass is 224 g/mol. The highest BCUT2D eigenvalue weighted by atomic mass is 17.0. The Morgan fingerprint density at radius 1 is 1.19 bits per heavy atom. The zero-order chi connectivity index (χ0) is 11.4. The largest absolute Gasteiger partial charge is 0.412 e. The van der Waals surface area contributed by atoms with Gasteiger partial charge in [-0.1, -0.05) is 30.3 Å². The fourth-order valence-corrected chi connectivity index (χ4v) is 1.76. The van der Waals surface area contributed by atoms with E-state index in [1.165, 1.54) is 14.2 Å². The summed E-state index contributed by atoms with van der Waals surface area (Å²) in [5.41, 5.74) is 1.10. The van der Waals surface area contributed by atoms with Gasteiger partial charge in [0.25, 0.3) is 0 Å². The number of rotatable bonds is 3. The molecule has 0 spiro atoms. The SMILES string of the molecule is COC1(OC)OCCC(c2ccccc2)O1. The van der Waals surface area contributed by atoms with E-state index in [0.717, 1.165) is 12.0 Å². The summed E-state index contributed by atoms with van der Waals surface area (Å²) in [7, 11) is 2.99. The van der Waals surface area contributed by atoms with Crippen LogP contribution in [0.2, 0.25) is 0 Å². The van der Waals surface area contributed by atoms with Gasteiger partial charge in [0.15, 0.2) is 0 Å². The first-order chi connectivity index (χ1) is 7.79. The van der Waals surface area contributed by atoms with Crippen LogP contribution in [0.4, 0.5) is 0 Å². The van der Waals surface area contributed by atoms with Gasteiger partial charge in [-0.2, -0.15) is 0 Å². The van der Waals surface area contributed by atoms with Crippen LogP contribution in [0.5, 0.6) is 0 Å². The summed E-state index contributed by atoms with van der Waals surface area (Å²) in [6, 6.07) is 9.98. The molecule has 0 N–H and O–H groups in total. The first kappa shape index (κ1) is 11.5. The normalized spacial score (nSPS) is 24.2. The van der Waals surface area contributed by atoms with Gasteiger partial charge in [-0.3, -0.25) is 4.74 Å². The van der Waals surface area contributed by atoms with Gasteiger partial charge in [0.05, 0.1) is 12.7 Å². The van der Waals surface area contributed by atoms with Crippen LogP contribution in [-0.2, 0) is 18.9 Å². The van der Waals surface area contributed by atoms with E-state index in [4.69, 9.17) is 18.9 Å². The number of methoxy groups -OCH3 is 2. The van der Waals surface area contributed by atoms with Crippen LogP contribution >= 0.6 is 0 Å². The molecule has 16 heavy (non-hydrogen) atoms. The highest BCUT2D eigenvalue weighted by Crippen LogP contribution is 2.33. The minimum absolute atomic E-state index is 0.0603. The molecule has 0 amide bonds. The molecule has 0 bridgehead atoms. The maximum atomic E-state index is 5.69. The molecule has 1 unspecified atom stereocenters. The Balaban J connectivity index is 2.13. The van der Waals surface area contributed by atoms with Crippen molar-refractivity contribution in [3.8, 4) is 0 Å². The molecule has 1 atom stereocenters. The van der Waals surface area contributed by atoms with Crippen molar-refractivity contribution >= 4 is 0 Å². The summed E-state index contributed by atoms with van der Waals surface area (Å²) in [6.45, 7) is 0.543. The van der Waals surface area contributed by atoms with Crippen molar-refractivity contribution in [2.45, 2.75) is 18.7 Å². The molecular formula is C12H16O4. The summed E-state index contributed by atoms with van der Waals surface area (Å²) in [4.78, 5) is 0. The second kappa shape index (κ2) is 4.93. The Morgan fingerprint density at radius 2 is 1.88 bits per heavy atom. The highest BCUT2D eigenvalue weighted by Gasteiger charge is 2.40. The molecule has 0 radical (unpaired) electrons. The molecule has 1 fully saturated rings. The third-order valence-electron chi connectivity index (χ3n) is 2.62. The molecule has 0 aromatic heterocycles. The molecule has 1 aliphatic rings. The predicted octanol–water partition coefficient (Wildman–Crippen LogP) is 2.07. The Bertz CT molecular complexity index is 321. The molecule has 1 aliphatic heterocycles. The zero-order valence-corrected chi connectivity index (χ0v) is 9.51. The zero-order valence-electron chi connectivity index (χ0n) is 9.51. The van der Waals surface area contributed by atoms with Crippen LogP contribution in [0, 0.1) is 0 Å². The van der Waals surface area contributed by atoms with Crippen molar-refractivity contribution in [1.82, 2.24) is 0 Å². The van der Waals surface area contributed by atoms with E-state index < -0.39 is 6.16 Å². The molecule has 4 nitrogen and oxygen atoms in total. The van der Waals surface area contributed by atoms with Gasteiger partial charge >= 0.3 is 6.16 Å². The lowest BCUT2D eigenvalue weighted by Crippen LogP contribution is -2.45. The fraction of sp³-hybridized carbons (Fsp3) is 0.500. The molecule has 1 saturated heterocycles. The highest BCUT2D eigenvalue weighted by molar-refractivity contribution is 5.17. The minimum Gasteiger partial charge on any atom is -0.307 e. The maximum absolute atomic E-state index is 5.69. The van der Waals surface area contributed by atoms with Crippen molar-refractivity contribution in [2.24, 2.45) is 0 Å². The van der Waals surface area contributed by atoms with Crippen molar-refractivity contribution < 1.29 is 18.9 Å². The summed E-state index contributed by atoms with van der Waals surface area (Å²) < 4.78 is 21.3. The van der Waals surface area contributed by atoms with E-state index in [1.807, 2.05) is 30.3 Å². The molecular weight excluding hydrogens is 208 g/mol. The summed E-state index contributed by atoms with van der Waals surface area (Å²) in [6.07, 6.45) is -0.633. The Kier molecular flexibility index (Phi) is 3.56. The third kappa shape index (κ3) is 2.25. The van der Waals surface area contributed by atoms with Crippen LogP contribution < -0.4 is 0 Å². The van der Waals surface area contributed by atoms with Gasteiger partial charge in [-0.05, 0) is 5.56 Å². The van der Waals surface area contributed by atoms with Gasteiger partial charge in [-0.15, -0.1) is 0 Å². The molecule has 0 aliphatic carbocycles. The van der Waals surface area contributed by atoms with Crippen LogP contribution in [0.3, 0.4) is 0 Å². The first-order valence-electron chi connectivity index (χ1n) is 5.26. The van der Waals surface area contributed by atoms with E-state index in [9.17, 15) is 0 Å².